The van der Waals surface area contributed by atoms with Crippen LogP contribution in [0.15, 0.2) is 103 Å². The monoisotopic (exact) mass is 826 g/mol. The summed E-state index contributed by atoms with van der Waals surface area (Å²) in [5.74, 6) is -0.473. The Balaban J connectivity index is 0.000000201. The molecule has 47 heavy (non-hydrogen) atoms. The summed E-state index contributed by atoms with van der Waals surface area (Å²) in [6.07, 6.45) is 9.33. The van der Waals surface area contributed by atoms with Gasteiger partial charge in [0, 0.05) is 38.6 Å². The van der Waals surface area contributed by atoms with Crippen molar-refractivity contribution in [2.24, 2.45) is 0 Å². The van der Waals surface area contributed by atoms with Gasteiger partial charge < -0.3 is 9.97 Å². The molecule has 1 saturated carbocycles. The van der Waals surface area contributed by atoms with Crippen molar-refractivity contribution in [2.45, 2.75) is 64.6 Å². The smallest absolute Gasteiger partial charge is 0.0795 e. The summed E-state index contributed by atoms with van der Waals surface area (Å²) in [6.45, 7) is 9.14. The van der Waals surface area contributed by atoms with E-state index in [2.05, 4.69) is 98.3 Å². The summed E-state index contributed by atoms with van der Waals surface area (Å²) in [5, 5.41) is 6.53. The van der Waals surface area contributed by atoms with E-state index in [-0.39, 0.29) is 20.1 Å². The summed E-state index contributed by atoms with van der Waals surface area (Å²) in [4.78, 5) is 9.23. The van der Waals surface area contributed by atoms with Gasteiger partial charge in [-0.15, -0.1) is 59.7 Å². The van der Waals surface area contributed by atoms with E-state index in [1.807, 2.05) is 60.1 Å². The molecule has 2 nitrogen and oxygen atoms in total. The zero-order valence-corrected chi connectivity index (χ0v) is 31.7. The molecule has 0 bridgehead atoms. The minimum atomic E-state index is -1.23. The molecule has 0 saturated heterocycles. The molecule has 0 aliphatic heterocycles. The van der Waals surface area contributed by atoms with Crippen molar-refractivity contribution in [2.75, 3.05) is 0 Å². The van der Waals surface area contributed by atoms with E-state index < -0.39 is 14.0 Å². The Morgan fingerprint density at radius 1 is 0.787 bits per heavy atom. The maximum atomic E-state index is 9.04. The standard InChI is InChI=1S/C28H24NS.C14H16NSi.Ir/c1-18-10-11-20-17-27-25(15-22(20)14-18)23-8-5-9-24(28(23)30-27)26-16-21(12-13-29-26)19-6-3-2-4-7-19;1-16(2,3)13-9-10-14(15-11-13)12-7-5-4-6-8-12;/h5,8,10-17,19H,2-4,6-7H2,1H3;4-7,9-11H,1-3H3;/q2*-1;/i19D;;. The fourth-order valence-corrected chi connectivity index (χ4v) is 8.67. The van der Waals surface area contributed by atoms with Gasteiger partial charge in [0.1, 0.15) is 0 Å². The van der Waals surface area contributed by atoms with E-state index in [0.29, 0.717) is 0 Å². The van der Waals surface area contributed by atoms with Gasteiger partial charge in [-0.25, -0.2) is 0 Å². The second-order valence-electron chi connectivity index (χ2n) is 13.4. The van der Waals surface area contributed by atoms with Crippen molar-refractivity contribution in [3.63, 3.8) is 0 Å². The van der Waals surface area contributed by atoms with Gasteiger partial charge in [0.05, 0.1) is 8.07 Å². The van der Waals surface area contributed by atoms with Gasteiger partial charge in [-0.1, -0.05) is 91.8 Å². The van der Waals surface area contributed by atoms with Crippen LogP contribution in [0.5, 0.6) is 0 Å². The second kappa shape index (κ2) is 14.3. The number of hydrogen-bond acceptors (Lipinski definition) is 3. The Labute approximate surface area is 299 Å². The first-order valence-corrected chi connectivity index (χ1v) is 20.7. The van der Waals surface area contributed by atoms with Gasteiger partial charge in [0.25, 0.3) is 0 Å². The normalized spacial score (nSPS) is 14.7. The Bertz CT molecular complexity index is 2180. The molecule has 0 N–H and O–H groups in total. The molecule has 3 aromatic heterocycles. The molecule has 8 rings (SSSR count). The summed E-state index contributed by atoms with van der Waals surface area (Å²) in [5.41, 5.74) is 6.44. The van der Waals surface area contributed by atoms with Crippen LogP contribution in [0.1, 0.15) is 50.5 Å². The largest absolute Gasteiger partial charge is 0.305 e. The topological polar surface area (TPSA) is 25.8 Å². The maximum Gasteiger partial charge on any atom is 0.0795 e. The van der Waals surface area contributed by atoms with Crippen LogP contribution in [0.4, 0.5) is 0 Å². The minimum absolute atomic E-state index is 0. The van der Waals surface area contributed by atoms with Crippen molar-refractivity contribution in [1.82, 2.24) is 9.97 Å². The van der Waals surface area contributed by atoms with Gasteiger partial charge in [0.2, 0.25) is 0 Å². The van der Waals surface area contributed by atoms with Crippen molar-refractivity contribution >= 4 is 55.5 Å². The number of fused-ring (bicyclic) bond motifs is 4. The predicted octanol–water partition coefficient (Wildman–Crippen LogP) is 11.5. The molecular weight excluding hydrogens is 785 g/mol. The SMILES string of the molecule is C[Si](C)(C)c1ccc(-c2[c-]cccc2)nc1.[2H]C1(c2ccnc(-c3[c-]ccc4c3sc3cc5ccc(C)cc5cc34)c2)CCCCC1.[Ir]. The minimum Gasteiger partial charge on any atom is -0.305 e. The molecule has 0 spiro atoms. The quantitative estimate of drug-likeness (QED) is 0.131. The molecule has 1 aliphatic rings. The van der Waals surface area contributed by atoms with Crippen molar-refractivity contribution < 1.29 is 21.5 Å². The number of nitrogens with zero attached hydrogens (tertiary/aromatic N) is 2. The molecule has 0 unspecified atom stereocenters. The van der Waals surface area contributed by atoms with E-state index in [9.17, 15) is 0 Å². The van der Waals surface area contributed by atoms with Crippen molar-refractivity contribution in [3.8, 4) is 22.5 Å². The van der Waals surface area contributed by atoms with Gasteiger partial charge in [0.15, 0.2) is 0 Å². The van der Waals surface area contributed by atoms with Crippen LogP contribution in [0.3, 0.4) is 0 Å². The van der Waals surface area contributed by atoms with Crippen LogP contribution in [-0.4, -0.2) is 18.0 Å². The van der Waals surface area contributed by atoms with Gasteiger partial charge in [-0.3, -0.25) is 0 Å². The molecule has 1 aliphatic carbocycles. The van der Waals surface area contributed by atoms with Gasteiger partial charge in [-0.2, -0.15) is 11.3 Å². The molecule has 0 amide bonds. The van der Waals surface area contributed by atoms with E-state index in [4.69, 9.17) is 6.35 Å². The summed E-state index contributed by atoms with van der Waals surface area (Å²) >= 11 is 1.82. The Hall–Kier alpha value is -3.47. The fourth-order valence-electron chi connectivity index (χ4n) is 6.40. The first-order chi connectivity index (χ1) is 22.7. The van der Waals surface area contributed by atoms with Gasteiger partial charge >= 0.3 is 0 Å². The molecule has 7 aromatic rings. The molecule has 0 atom stereocenters. The zero-order chi connectivity index (χ0) is 32.6. The molecule has 3 heterocycles. The molecular formula is C42H40IrN2SSi-2. The van der Waals surface area contributed by atoms with Crippen molar-refractivity contribution in [1.29, 1.82) is 0 Å². The Kier molecular flexibility index (Phi) is 9.79. The number of pyridine rings is 2. The third-order valence-corrected chi connectivity index (χ3v) is 12.3. The fraction of sp³-hybridized carbons (Fsp3) is 0.238. The van der Waals surface area contributed by atoms with Crippen molar-refractivity contribution in [3.05, 3.63) is 127 Å². The third kappa shape index (κ3) is 7.34. The molecule has 1 radical (unpaired) electrons. The second-order valence-corrected chi connectivity index (χ2v) is 19.6. The van der Waals surface area contributed by atoms with Crippen LogP contribution in [0, 0.1) is 19.1 Å². The van der Waals surface area contributed by atoms with Gasteiger partial charge in [-0.05, 0) is 81.3 Å². The molecule has 4 aromatic carbocycles. The Morgan fingerprint density at radius 2 is 1.64 bits per heavy atom. The average Bonchev–Trinajstić information content (AvgIpc) is 3.45. The van der Waals surface area contributed by atoms with Crippen LogP contribution >= 0.6 is 11.3 Å². The first kappa shape index (κ1) is 32.1. The van der Waals surface area contributed by atoms with Crippen LogP contribution in [0.25, 0.3) is 53.5 Å². The number of aromatic nitrogens is 2. The summed E-state index contributed by atoms with van der Waals surface area (Å²) < 4.78 is 11.6. The summed E-state index contributed by atoms with van der Waals surface area (Å²) in [6, 6.07) is 38.6. The average molecular weight is 826 g/mol. The Morgan fingerprint density at radius 3 is 2.38 bits per heavy atom. The summed E-state index contributed by atoms with van der Waals surface area (Å²) in [7, 11) is -1.23. The van der Waals surface area contributed by atoms with Crippen LogP contribution in [0.2, 0.25) is 19.6 Å². The number of hydrogen-bond donors (Lipinski definition) is 0. The molecule has 239 valence electrons. The first-order valence-electron chi connectivity index (χ1n) is 16.9. The van der Waals surface area contributed by atoms with Crippen LogP contribution in [-0.2, 0) is 20.1 Å². The molecule has 5 heteroatoms. The third-order valence-electron chi connectivity index (χ3n) is 9.04. The van der Waals surface area contributed by atoms with E-state index in [0.717, 1.165) is 53.8 Å². The zero-order valence-electron chi connectivity index (χ0n) is 28.5. The van der Waals surface area contributed by atoms with E-state index >= 15 is 0 Å². The number of benzene rings is 4. The molecule has 1 fully saturated rings. The maximum absolute atomic E-state index is 9.04. The van der Waals surface area contributed by atoms with Crippen LogP contribution < -0.4 is 5.19 Å². The van der Waals surface area contributed by atoms with E-state index in [1.54, 1.807) is 0 Å². The van der Waals surface area contributed by atoms with E-state index in [1.165, 1.54) is 48.1 Å². The number of aryl methyl sites for hydroxylation is 1. The predicted molar refractivity (Wildman–Crippen MR) is 201 cm³/mol. The number of thiophene rings is 1. The number of rotatable bonds is 4.